The van der Waals surface area contributed by atoms with Gasteiger partial charge in [0, 0.05) is 42.3 Å². The van der Waals surface area contributed by atoms with Crippen molar-refractivity contribution in [1.82, 2.24) is 15.1 Å². The molecule has 35 heavy (non-hydrogen) atoms. The van der Waals surface area contributed by atoms with E-state index in [4.69, 9.17) is 9.26 Å². The zero-order valence-corrected chi connectivity index (χ0v) is 19.0. The number of ether oxygens (including phenoxy) is 1. The number of amides is 2. The lowest BCUT2D eigenvalue weighted by atomic mass is 10.1. The van der Waals surface area contributed by atoms with Gasteiger partial charge in [0.25, 0.3) is 0 Å². The number of para-hydroxylation sites is 1. The summed E-state index contributed by atoms with van der Waals surface area (Å²) in [5.41, 5.74) is 3.04. The summed E-state index contributed by atoms with van der Waals surface area (Å²) in [4.78, 5) is 35.8. The summed E-state index contributed by atoms with van der Waals surface area (Å²) < 4.78 is 10.6. The number of pyridine rings is 1. The summed E-state index contributed by atoms with van der Waals surface area (Å²) in [7, 11) is 1.59. The van der Waals surface area contributed by atoms with Crippen LogP contribution in [0.25, 0.3) is 11.4 Å². The molecule has 2 aromatic heterocycles. The largest absolute Gasteiger partial charge is 0.497 e. The minimum absolute atomic E-state index is 0.0851. The highest BCUT2D eigenvalue weighted by Gasteiger charge is 2.35. The van der Waals surface area contributed by atoms with Crippen LogP contribution in [-0.4, -0.2) is 40.6 Å². The van der Waals surface area contributed by atoms with Crippen molar-refractivity contribution in [3.8, 4) is 17.1 Å². The summed E-state index contributed by atoms with van der Waals surface area (Å²) >= 11 is 0. The number of anilines is 2. The Bertz CT molecular complexity index is 1340. The fourth-order valence-corrected chi connectivity index (χ4v) is 4.03. The zero-order chi connectivity index (χ0) is 24.2. The van der Waals surface area contributed by atoms with Gasteiger partial charge in [0.1, 0.15) is 5.75 Å². The van der Waals surface area contributed by atoms with Gasteiger partial charge in [0.15, 0.2) is 0 Å². The molecule has 5 rings (SSSR count). The van der Waals surface area contributed by atoms with Gasteiger partial charge in [-0.25, -0.2) is 0 Å². The van der Waals surface area contributed by atoms with Crippen LogP contribution in [-0.2, 0) is 16.0 Å². The molecule has 2 amide bonds. The van der Waals surface area contributed by atoms with Crippen molar-refractivity contribution in [2.24, 2.45) is 5.92 Å². The van der Waals surface area contributed by atoms with Gasteiger partial charge in [-0.2, -0.15) is 4.98 Å². The molecule has 2 aromatic carbocycles. The third kappa shape index (κ3) is 4.89. The molecule has 1 N–H and O–H groups in total. The standard InChI is InChI=1S/C26H23N5O4/c1-34-21-8-6-20(7-9-21)31-16-19(15-24(31)32)26(33)28-22-5-3-2-4-18(22)14-23-29-25(30-35-23)17-10-12-27-13-11-17/h2-13,19H,14-16H2,1H3,(H,28,33). The van der Waals surface area contributed by atoms with Crippen LogP contribution >= 0.6 is 0 Å². The fourth-order valence-electron chi connectivity index (χ4n) is 4.03. The van der Waals surface area contributed by atoms with Crippen LogP contribution in [0.4, 0.5) is 11.4 Å². The maximum atomic E-state index is 13.1. The lowest BCUT2D eigenvalue weighted by Crippen LogP contribution is -2.28. The average molecular weight is 470 g/mol. The number of carbonyl (C=O) groups excluding carboxylic acids is 2. The maximum Gasteiger partial charge on any atom is 0.231 e. The van der Waals surface area contributed by atoms with Crippen LogP contribution in [0.1, 0.15) is 17.9 Å². The number of methoxy groups -OCH3 is 1. The molecule has 4 aromatic rings. The highest BCUT2D eigenvalue weighted by atomic mass is 16.5. The van der Waals surface area contributed by atoms with Crippen molar-refractivity contribution in [2.75, 3.05) is 23.9 Å². The molecule has 1 unspecified atom stereocenters. The highest BCUT2D eigenvalue weighted by molar-refractivity contribution is 6.03. The maximum absolute atomic E-state index is 13.1. The monoisotopic (exact) mass is 469 g/mol. The first-order chi connectivity index (χ1) is 17.1. The lowest BCUT2D eigenvalue weighted by Gasteiger charge is -2.17. The molecule has 1 saturated heterocycles. The Hall–Kier alpha value is -4.53. The van der Waals surface area contributed by atoms with E-state index in [1.165, 1.54) is 0 Å². The zero-order valence-electron chi connectivity index (χ0n) is 19.0. The first-order valence-electron chi connectivity index (χ1n) is 11.2. The van der Waals surface area contributed by atoms with Crippen molar-refractivity contribution in [3.05, 3.63) is 84.5 Å². The second-order valence-corrected chi connectivity index (χ2v) is 8.17. The number of hydrogen-bond donors (Lipinski definition) is 1. The van der Waals surface area contributed by atoms with Crippen LogP contribution in [0.15, 0.2) is 77.6 Å². The molecule has 3 heterocycles. The second kappa shape index (κ2) is 9.76. The van der Waals surface area contributed by atoms with E-state index in [0.29, 0.717) is 36.1 Å². The van der Waals surface area contributed by atoms with Crippen molar-refractivity contribution in [2.45, 2.75) is 12.8 Å². The molecular weight excluding hydrogens is 446 g/mol. The Balaban J connectivity index is 1.27. The Kier molecular flexibility index (Phi) is 6.21. The van der Waals surface area contributed by atoms with E-state index >= 15 is 0 Å². The molecular formula is C26H23N5O4. The topological polar surface area (TPSA) is 110 Å². The number of hydrogen-bond acceptors (Lipinski definition) is 7. The minimum Gasteiger partial charge on any atom is -0.497 e. The van der Waals surface area contributed by atoms with Gasteiger partial charge in [-0.1, -0.05) is 23.4 Å². The number of aromatic nitrogens is 3. The smallest absolute Gasteiger partial charge is 0.231 e. The van der Waals surface area contributed by atoms with Crippen molar-refractivity contribution < 1.29 is 18.8 Å². The number of rotatable bonds is 7. The van der Waals surface area contributed by atoms with E-state index < -0.39 is 5.92 Å². The lowest BCUT2D eigenvalue weighted by molar-refractivity contribution is -0.122. The first kappa shape index (κ1) is 22.3. The Morgan fingerprint density at radius 3 is 2.66 bits per heavy atom. The van der Waals surface area contributed by atoms with Crippen molar-refractivity contribution in [1.29, 1.82) is 0 Å². The highest BCUT2D eigenvalue weighted by Crippen LogP contribution is 2.28. The first-order valence-corrected chi connectivity index (χ1v) is 11.2. The summed E-state index contributed by atoms with van der Waals surface area (Å²) in [6.07, 6.45) is 3.84. The van der Waals surface area contributed by atoms with Gasteiger partial charge in [-0.15, -0.1) is 0 Å². The van der Waals surface area contributed by atoms with Gasteiger partial charge < -0.3 is 19.5 Å². The fraction of sp³-hybridized carbons (Fsp3) is 0.192. The number of nitrogens with zero attached hydrogens (tertiary/aromatic N) is 4. The van der Waals surface area contributed by atoms with E-state index in [-0.39, 0.29) is 18.2 Å². The molecule has 1 fully saturated rings. The molecule has 1 aliphatic rings. The van der Waals surface area contributed by atoms with E-state index in [0.717, 1.165) is 16.8 Å². The van der Waals surface area contributed by atoms with E-state index in [1.807, 2.05) is 36.4 Å². The Labute approximate surface area is 201 Å². The minimum atomic E-state index is -0.459. The van der Waals surface area contributed by atoms with Gasteiger partial charge in [-0.3, -0.25) is 14.6 Å². The molecule has 0 saturated carbocycles. The number of benzene rings is 2. The van der Waals surface area contributed by atoms with Crippen LogP contribution < -0.4 is 15.0 Å². The quantitative estimate of drug-likeness (QED) is 0.439. The molecule has 0 aliphatic carbocycles. The van der Waals surface area contributed by atoms with Gasteiger partial charge in [-0.05, 0) is 48.0 Å². The van der Waals surface area contributed by atoms with Crippen LogP contribution in [0.2, 0.25) is 0 Å². The van der Waals surface area contributed by atoms with Crippen molar-refractivity contribution in [3.63, 3.8) is 0 Å². The molecule has 9 heteroatoms. The summed E-state index contributed by atoms with van der Waals surface area (Å²) in [6, 6.07) is 18.3. The molecule has 1 atom stereocenters. The summed E-state index contributed by atoms with van der Waals surface area (Å²) in [5, 5.41) is 7.03. The summed E-state index contributed by atoms with van der Waals surface area (Å²) in [5.74, 6) is 0.870. The molecule has 0 bridgehead atoms. The number of nitrogens with one attached hydrogen (secondary N) is 1. The predicted octanol–water partition coefficient (Wildman–Crippen LogP) is 3.72. The molecule has 1 aliphatic heterocycles. The Morgan fingerprint density at radius 2 is 1.89 bits per heavy atom. The van der Waals surface area contributed by atoms with Crippen LogP contribution in [0, 0.1) is 5.92 Å². The SMILES string of the molecule is COc1ccc(N2CC(C(=O)Nc3ccccc3Cc3nc(-c4ccncc4)no3)CC2=O)cc1. The second-order valence-electron chi connectivity index (χ2n) is 8.17. The number of carbonyl (C=O) groups is 2. The third-order valence-electron chi connectivity index (χ3n) is 5.90. The van der Waals surface area contributed by atoms with Crippen LogP contribution in [0.3, 0.4) is 0 Å². The van der Waals surface area contributed by atoms with E-state index in [2.05, 4.69) is 20.4 Å². The Morgan fingerprint density at radius 1 is 1.11 bits per heavy atom. The average Bonchev–Trinajstić information content (AvgIpc) is 3.52. The van der Waals surface area contributed by atoms with Gasteiger partial charge in [0.05, 0.1) is 19.4 Å². The predicted molar refractivity (Wildman–Crippen MR) is 129 cm³/mol. The molecule has 176 valence electrons. The van der Waals surface area contributed by atoms with Crippen LogP contribution in [0.5, 0.6) is 5.75 Å². The van der Waals surface area contributed by atoms with Gasteiger partial charge in [0.2, 0.25) is 23.5 Å². The van der Waals surface area contributed by atoms with Gasteiger partial charge >= 0.3 is 0 Å². The van der Waals surface area contributed by atoms with E-state index in [1.54, 1.807) is 48.7 Å². The van der Waals surface area contributed by atoms with Crippen molar-refractivity contribution >= 4 is 23.2 Å². The third-order valence-corrected chi connectivity index (χ3v) is 5.90. The molecule has 9 nitrogen and oxygen atoms in total. The summed E-state index contributed by atoms with van der Waals surface area (Å²) in [6.45, 7) is 0.318. The molecule has 0 spiro atoms. The normalized spacial score (nSPS) is 15.3. The van der Waals surface area contributed by atoms with E-state index in [9.17, 15) is 9.59 Å². The molecule has 0 radical (unpaired) electrons.